The first-order valence-electron chi connectivity index (χ1n) is 8.23. The number of amides is 1. The summed E-state index contributed by atoms with van der Waals surface area (Å²) in [4.78, 5) is 16.6. The molecule has 1 saturated heterocycles. The second-order valence-corrected chi connectivity index (χ2v) is 6.91. The van der Waals surface area contributed by atoms with Gasteiger partial charge in [0.2, 0.25) is 5.91 Å². The van der Waals surface area contributed by atoms with Crippen LogP contribution in [0.1, 0.15) is 25.3 Å². The summed E-state index contributed by atoms with van der Waals surface area (Å²) in [5, 5.41) is 3.54. The van der Waals surface area contributed by atoms with Crippen LogP contribution in [0.15, 0.2) is 18.2 Å². The fourth-order valence-electron chi connectivity index (χ4n) is 2.91. The molecule has 23 heavy (non-hydrogen) atoms. The minimum absolute atomic E-state index is 0.0767. The van der Waals surface area contributed by atoms with Crippen molar-refractivity contribution in [1.82, 2.24) is 15.1 Å². The van der Waals surface area contributed by atoms with Gasteiger partial charge < -0.3 is 5.32 Å². The van der Waals surface area contributed by atoms with Crippen molar-refractivity contribution in [3.63, 3.8) is 0 Å². The number of carbonyl (C=O) groups excluding carboxylic acids is 1. The number of benzene rings is 1. The van der Waals surface area contributed by atoms with E-state index < -0.39 is 0 Å². The number of piperazine rings is 1. The van der Waals surface area contributed by atoms with Crippen LogP contribution >= 0.6 is 11.6 Å². The molecule has 0 radical (unpaired) electrons. The maximum atomic E-state index is 13.1. The minimum Gasteiger partial charge on any atom is -0.352 e. The van der Waals surface area contributed by atoms with Crippen LogP contribution in [-0.4, -0.2) is 54.0 Å². The molecule has 1 heterocycles. The van der Waals surface area contributed by atoms with E-state index in [9.17, 15) is 9.18 Å². The highest BCUT2D eigenvalue weighted by Crippen LogP contribution is 2.21. The van der Waals surface area contributed by atoms with Crippen molar-refractivity contribution in [1.29, 1.82) is 0 Å². The molecule has 3 rings (SSSR count). The summed E-state index contributed by atoms with van der Waals surface area (Å²) in [6.45, 7) is 6.18. The molecule has 2 aliphatic rings. The van der Waals surface area contributed by atoms with E-state index in [1.807, 2.05) is 6.92 Å². The second kappa shape index (κ2) is 7.16. The molecule has 0 spiro atoms. The quantitative estimate of drug-likeness (QED) is 0.894. The molecule has 0 aromatic heterocycles. The Morgan fingerprint density at radius 2 is 2.04 bits per heavy atom. The topological polar surface area (TPSA) is 35.6 Å². The lowest BCUT2D eigenvalue weighted by atomic mass is 10.1. The van der Waals surface area contributed by atoms with Crippen LogP contribution in [0.2, 0.25) is 5.02 Å². The SMILES string of the molecule is CC(C(=O)NC1CC1)N1CCN(Cc2ccc(F)cc2Cl)CC1. The zero-order valence-corrected chi connectivity index (χ0v) is 14.2. The smallest absolute Gasteiger partial charge is 0.237 e. The Hall–Kier alpha value is -1.17. The van der Waals surface area contributed by atoms with Gasteiger partial charge >= 0.3 is 0 Å². The number of nitrogens with one attached hydrogen (secondary N) is 1. The Bertz CT molecular complexity index is 571. The summed E-state index contributed by atoms with van der Waals surface area (Å²) in [6, 6.07) is 4.88. The van der Waals surface area contributed by atoms with Crippen LogP contribution in [0, 0.1) is 5.82 Å². The van der Waals surface area contributed by atoms with E-state index in [1.165, 1.54) is 12.1 Å². The van der Waals surface area contributed by atoms with Crippen molar-refractivity contribution in [2.24, 2.45) is 0 Å². The molecule has 1 atom stereocenters. The molecule has 1 aromatic rings. The van der Waals surface area contributed by atoms with Gasteiger partial charge in [0.05, 0.1) is 6.04 Å². The third-order valence-electron chi connectivity index (χ3n) is 4.67. The molecule has 6 heteroatoms. The summed E-state index contributed by atoms with van der Waals surface area (Å²) < 4.78 is 13.1. The number of rotatable bonds is 5. The van der Waals surface area contributed by atoms with Gasteiger partial charge in [0.15, 0.2) is 0 Å². The Balaban J connectivity index is 1.48. The molecule has 1 aliphatic carbocycles. The van der Waals surface area contributed by atoms with Crippen molar-refractivity contribution in [3.05, 3.63) is 34.6 Å². The van der Waals surface area contributed by atoms with Gasteiger partial charge in [0.1, 0.15) is 5.82 Å². The third kappa shape index (κ3) is 4.43. The first-order valence-corrected chi connectivity index (χ1v) is 8.61. The molecule has 1 saturated carbocycles. The van der Waals surface area contributed by atoms with E-state index in [-0.39, 0.29) is 17.8 Å². The average molecular weight is 340 g/mol. The zero-order valence-electron chi connectivity index (χ0n) is 13.4. The van der Waals surface area contributed by atoms with E-state index in [0.717, 1.165) is 51.1 Å². The van der Waals surface area contributed by atoms with Crippen LogP contribution in [0.4, 0.5) is 4.39 Å². The molecule has 2 fully saturated rings. The van der Waals surface area contributed by atoms with Gasteiger partial charge in [-0.2, -0.15) is 0 Å². The van der Waals surface area contributed by atoms with E-state index in [2.05, 4.69) is 15.1 Å². The number of hydrogen-bond donors (Lipinski definition) is 1. The molecular weight excluding hydrogens is 317 g/mol. The van der Waals surface area contributed by atoms with Gasteiger partial charge in [-0.25, -0.2) is 4.39 Å². The van der Waals surface area contributed by atoms with E-state index in [0.29, 0.717) is 11.1 Å². The minimum atomic E-state index is -0.306. The van der Waals surface area contributed by atoms with E-state index in [4.69, 9.17) is 11.6 Å². The standard InChI is InChI=1S/C17H23ClFN3O/c1-12(17(23)20-15-4-5-15)22-8-6-21(7-9-22)11-13-2-3-14(19)10-16(13)18/h2-3,10,12,15H,4-9,11H2,1H3,(H,20,23). The molecule has 1 aromatic carbocycles. The lowest BCUT2D eigenvalue weighted by Gasteiger charge is -2.37. The lowest BCUT2D eigenvalue weighted by molar-refractivity contribution is -0.126. The highest BCUT2D eigenvalue weighted by molar-refractivity contribution is 6.31. The van der Waals surface area contributed by atoms with Crippen LogP contribution in [-0.2, 0) is 11.3 Å². The van der Waals surface area contributed by atoms with Crippen LogP contribution in [0.25, 0.3) is 0 Å². The maximum Gasteiger partial charge on any atom is 0.237 e. The summed E-state index contributed by atoms with van der Waals surface area (Å²) in [5.41, 5.74) is 0.945. The van der Waals surface area contributed by atoms with Crippen molar-refractivity contribution in [3.8, 4) is 0 Å². The molecule has 1 amide bonds. The first-order chi connectivity index (χ1) is 11.0. The molecule has 1 unspecified atom stereocenters. The van der Waals surface area contributed by atoms with Crippen molar-refractivity contribution >= 4 is 17.5 Å². The number of nitrogens with zero attached hydrogens (tertiary/aromatic N) is 2. The Kier molecular flexibility index (Phi) is 5.19. The monoisotopic (exact) mass is 339 g/mol. The predicted molar refractivity (Wildman–Crippen MR) is 88.9 cm³/mol. The highest BCUT2D eigenvalue weighted by Gasteiger charge is 2.30. The molecular formula is C17H23ClFN3O. The summed E-state index contributed by atoms with van der Waals surface area (Å²) in [5.74, 6) is -0.165. The molecule has 126 valence electrons. The van der Waals surface area contributed by atoms with Crippen LogP contribution in [0.5, 0.6) is 0 Å². The largest absolute Gasteiger partial charge is 0.352 e. The average Bonchev–Trinajstić information content (AvgIpc) is 3.34. The molecule has 4 nitrogen and oxygen atoms in total. The Morgan fingerprint density at radius 3 is 2.65 bits per heavy atom. The Labute approximate surface area is 141 Å². The first kappa shape index (κ1) is 16.7. The van der Waals surface area contributed by atoms with Crippen LogP contribution < -0.4 is 5.32 Å². The van der Waals surface area contributed by atoms with E-state index in [1.54, 1.807) is 6.07 Å². The third-order valence-corrected chi connectivity index (χ3v) is 5.02. The normalized spacial score (nSPS) is 21.2. The van der Waals surface area contributed by atoms with Gasteiger partial charge in [-0.05, 0) is 37.5 Å². The summed E-state index contributed by atoms with van der Waals surface area (Å²) in [6.07, 6.45) is 2.23. The van der Waals surface area contributed by atoms with Gasteiger partial charge in [-0.3, -0.25) is 14.6 Å². The summed E-state index contributed by atoms with van der Waals surface area (Å²) in [7, 11) is 0. The fourth-order valence-corrected chi connectivity index (χ4v) is 3.14. The zero-order chi connectivity index (χ0) is 16.4. The van der Waals surface area contributed by atoms with Gasteiger partial charge in [0.25, 0.3) is 0 Å². The van der Waals surface area contributed by atoms with Crippen LogP contribution in [0.3, 0.4) is 0 Å². The lowest BCUT2D eigenvalue weighted by Crippen LogP contribution is -2.53. The molecule has 1 aliphatic heterocycles. The van der Waals surface area contributed by atoms with Crippen molar-refractivity contribution < 1.29 is 9.18 Å². The van der Waals surface area contributed by atoms with Crippen molar-refractivity contribution in [2.45, 2.75) is 38.4 Å². The second-order valence-electron chi connectivity index (χ2n) is 6.51. The number of halogens is 2. The van der Waals surface area contributed by atoms with Gasteiger partial charge in [0, 0.05) is 43.8 Å². The Morgan fingerprint density at radius 1 is 1.35 bits per heavy atom. The van der Waals surface area contributed by atoms with Gasteiger partial charge in [-0.15, -0.1) is 0 Å². The summed E-state index contributed by atoms with van der Waals surface area (Å²) >= 11 is 6.09. The number of hydrogen-bond acceptors (Lipinski definition) is 3. The molecule has 0 bridgehead atoms. The molecule has 1 N–H and O–H groups in total. The fraction of sp³-hybridized carbons (Fsp3) is 0.588. The highest BCUT2D eigenvalue weighted by atomic mass is 35.5. The maximum absolute atomic E-state index is 13.1. The van der Waals surface area contributed by atoms with Crippen molar-refractivity contribution in [2.75, 3.05) is 26.2 Å². The van der Waals surface area contributed by atoms with E-state index >= 15 is 0 Å². The predicted octanol–water partition coefficient (Wildman–Crippen LogP) is 2.26. The van der Waals surface area contributed by atoms with Gasteiger partial charge in [-0.1, -0.05) is 17.7 Å². The number of carbonyl (C=O) groups is 1.